The van der Waals surface area contributed by atoms with E-state index in [1.165, 1.54) is 6.39 Å². The van der Waals surface area contributed by atoms with Crippen LogP contribution in [-0.2, 0) is 12.6 Å². The first-order chi connectivity index (χ1) is 11.7. The molecule has 2 aromatic heterocycles. The van der Waals surface area contributed by atoms with E-state index in [2.05, 4.69) is 15.2 Å². The Labute approximate surface area is 141 Å². The molecule has 0 saturated heterocycles. The minimum Gasteiger partial charge on any atom is -0.474 e. The highest BCUT2D eigenvalue weighted by atomic mass is 19.1. The molecule has 0 unspecified atom stereocenters. The van der Waals surface area contributed by atoms with Crippen molar-refractivity contribution in [3.63, 3.8) is 0 Å². The molecule has 1 aromatic carbocycles. The smallest absolute Gasteiger partial charge is 0.201 e. The first-order valence-electron chi connectivity index (χ1n) is 7.34. The van der Waals surface area contributed by atoms with Crippen LogP contribution in [0.4, 0.5) is 13.2 Å². The number of hydrogen-bond donors (Lipinski definition) is 0. The molecule has 6 nitrogen and oxygen atoms in total. The Morgan fingerprint density at radius 1 is 1.12 bits per heavy atom. The van der Waals surface area contributed by atoms with Crippen molar-refractivity contribution < 1.29 is 22.3 Å². The summed E-state index contributed by atoms with van der Waals surface area (Å²) in [6, 6.07) is 1.10. The van der Waals surface area contributed by atoms with Crippen LogP contribution >= 0.6 is 0 Å². The number of ether oxygens (including phenoxy) is 1. The van der Waals surface area contributed by atoms with Crippen LogP contribution in [0.15, 0.2) is 22.9 Å². The van der Waals surface area contributed by atoms with E-state index in [0.717, 1.165) is 0 Å². The van der Waals surface area contributed by atoms with Gasteiger partial charge in [-0.1, -0.05) is 0 Å². The van der Waals surface area contributed by atoms with Gasteiger partial charge in [0.05, 0.1) is 5.69 Å². The van der Waals surface area contributed by atoms with Crippen LogP contribution < -0.4 is 4.74 Å². The molecule has 0 N–H and O–H groups in total. The minimum atomic E-state index is -1.26. The van der Waals surface area contributed by atoms with Crippen LogP contribution in [0.1, 0.15) is 25.4 Å². The Balaban J connectivity index is 1.99. The second kappa shape index (κ2) is 5.91. The molecule has 25 heavy (non-hydrogen) atoms. The monoisotopic (exact) mass is 352 g/mol. The number of rotatable bonds is 4. The fraction of sp³-hybridized carbons (Fsp3) is 0.312. The molecule has 0 atom stereocenters. The second-order valence-electron chi connectivity index (χ2n) is 5.98. The average molecular weight is 352 g/mol. The zero-order valence-corrected chi connectivity index (χ0v) is 14.0. The van der Waals surface area contributed by atoms with Crippen molar-refractivity contribution in [3.05, 3.63) is 47.5 Å². The molecule has 0 spiro atoms. The molecule has 2 heterocycles. The molecule has 3 aromatic rings. The standard InChI is InChI=1S/C16H15F3N4O2/c1-8-12(24-7-20-8)14-21-22-15(23(14)4)16(2,3)25-13-10(18)5-9(17)6-11(13)19/h5-7H,1-4H3. The predicted octanol–water partition coefficient (Wildman–Crippen LogP) is 3.51. The SMILES string of the molecule is Cc1ncoc1-c1nnc(C(C)(C)Oc2c(F)cc(F)cc2F)n1C. The van der Waals surface area contributed by atoms with Crippen LogP contribution in [-0.4, -0.2) is 19.7 Å². The Kier molecular flexibility index (Phi) is 4.02. The van der Waals surface area contributed by atoms with E-state index in [0.29, 0.717) is 35.2 Å². The normalized spacial score (nSPS) is 11.8. The van der Waals surface area contributed by atoms with Gasteiger partial charge in [0.25, 0.3) is 0 Å². The highest BCUT2D eigenvalue weighted by Gasteiger charge is 2.33. The lowest BCUT2D eigenvalue weighted by Gasteiger charge is -2.25. The number of nitrogens with zero attached hydrogens (tertiary/aromatic N) is 4. The third-order valence-electron chi connectivity index (χ3n) is 3.68. The van der Waals surface area contributed by atoms with Crippen LogP contribution in [0, 0.1) is 24.4 Å². The molecule has 132 valence electrons. The molecule has 0 saturated carbocycles. The van der Waals surface area contributed by atoms with Gasteiger partial charge >= 0.3 is 0 Å². The van der Waals surface area contributed by atoms with Crippen molar-refractivity contribution in [2.45, 2.75) is 26.4 Å². The second-order valence-corrected chi connectivity index (χ2v) is 5.98. The molecule has 0 aliphatic rings. The van der Waals surface area contributed by atoms with Gasteiger partial charge in [0.15, 0.2) is 41.0 Å². The maximum Gasteiger partial charge on any atom is 0.201 e. The van der Waals surface area contributed by atoms with E-state index >= 15 is 0 Å². The lowest BCUT2D eigenvalue weighted by Crippen LogP contribution is -2.30. The molecule has 0 amide bonds. The number of halogens is 3. The summed E-state index contributed by atoms with van der Waals surface area (Å²) >= 11 is 0. The van der Waals surface area contributed by atoms with Crippen molar-refractivity contribution in [3.8, 4) is 17.3 Å². The first-order valence-corrected chi connectivity index (χ1v) is 7.34. The quantitative estimate of drug-likeness (QED) is 0.719. The predicted molar refractivity (Wildman–Crippen MR) is 81.2 cm³/mol. The molecule has 9 heteroatoms. The third-order valence-corrected chi connectivity index (χ3v) is 3.68. The number of hydrogen-bond acceptors (Lipinski definition) is 5. The van der Waals surface area contributed by atoms with Gasteiger partial charge in [-0.05, 0) is 20.8 Å². The highest BCUT2D eigenvalue weighted by molar-refractivity contribution is 5.50. The van der Waals surface area contributed by atoms with E-state index in [1.807, 2.05) is 0 Å². The Hall–Kier alpha value is -2.84. The van der Waals surface area contributed by atoms with Gasteiger partial charge in [-0.15, -0.1) is 10.2 Å². The number of benzene rings is 1. The zero-order valence-electron chi connectivity index (χ0n) is 14.0. The fourth-order valence-electron chi connectivity index (χ4n) is 2.50. The van der Waals surface area contributed by atoms with Gasteiger partial charge in [-0.2, -0.15) is 0 Å². The molecule has 0 radical (unpaired) electrons. The van der Waals surface area contributed by atoms with E-state index in [1.54, 1.807) is 32.4 Å². The summed E-state index contributed by atoms with van der Waals surface area (Å²) < 4.78 is 53.1. The maximum absolute atomic E-state index is 13.9. The van der Waals surface area contributed by atoms with E-state index in [-0.39, 0.29) is 0 Å². The number of oxazole rings is 1. The van der Waals surface area contributed by atoms with Gasteiger partial charge < -0.3 is 13.7 Å². The summed E-state index contributed by atoms with van der Waals surface area (Å²) in [7, 11) is 1.66. The molecular formula is C16H15F3N4O2. The van der Waals surface area contributed by atoms with Crippen molar-refractivity contribution in [1.29, 1.82) is 0 Å². The lowest BCUT2D eigenvalue weighted by atomic mass is 10.1. The van der Waals surface area contributed by atoms with Crippen LogP contribution in [0.3, 0.4) is 0 Å². The summed E-state index contributed by atoms with van der Waals surface area (Å²) in [6.07, 6.45) is 1.28. The van der Waals surface area contributed by atoms with Crippen molar-refractivity contribution in [1.82, 2.24) is 19.7 Å². The van der Waals surface area contributed by atoms with E-state index in [4.69, 9.17) is 9.15 Å². The van der Waals surface area contributed by atoms with Crippen LogP contribution in [0.5, 0.6) is 5.75 Å². The Morgan fingerprint density at radius 2 is 1.76 bits per heavy atom. The summed E-state index contributed by atoms with van der Waals surface area (Å²) in [5.41, 5.74) is -0.635. The lowest BCUT2D eigenvalue weighted by molar-refractivity contribution is 0.0833. The number of aromatic nitrogens is 4. The molecule has 3 rings (SSSR count). The van der Waals surface area contributed by atoms with Gasteiger partial charge in [0.2, 0.25) is 5.82 Å². The molecule has 0 bridgehead atoms. The highest BCUT2D eigenvalue weighted by Crippen LogP contribution is 2.32. The van der Waals surface area contributed by atoms with E-state index in [9.17, 15) is 13.2 Å². The zero-order chi connectivity index (χ0) is 18.4. The Morgan fingerprint density at radius 3 is 2.32 bits per heavy atom. The summed E-state index contributed by atoms with van der Waals surface area (Å²) in [5.74, 6) is -2.88. The number of aryl methyl sites for hydroxylation is 1. The van der Waals surface area contributed by atoms with Crippen LogP contribution in [0.25, 0.3) is 11.6 Å². The van der Waals surface area contributed by atoms with Gasteiger partial charge in [0.1, 0.15) is 5.82 Å². The molecule has 0 aliphatic heterocycles. The molecule has 0 aliphatic carbocycles. The van der Waals surface area contributed by atoms with Gasteiger partial charge in [0, 0.05) is 19.2 Å². The summed E-state index contributed by atoms with van der Waals surface area (Å²) in [5, 5.41) is 8.08. The molecular weight excluding hydrogens is 337 g/mol. The van der Waals surface area contributed by atoms with Crippen LogP contribution in [0.2, 0.25) is 0 Å². The average Bonchev–Trinajstić information content (AvgIpc) is 3.09. The first kappa shape index (κ1) is 17.0. The fourth-order valence-corrected chi connectivity index (χ4v) is 2.50. The van der Waals surface area contributed by atoms with Gasteiger partial charge in [-0.3, -0.25) is 0 Å². The minimum absolute atomic E-state index is 0.293. The van der Waals surface area contributed by atoms with Crippen molar-refractivity contribution in [2.75, 3.05) is 0 Å². The Bertz CT molecular complexity index is 910. The van der Waals surface area contributed by atoms with Crippen molar-refractivity contribution >= 4 is 0 Å². The largest absolute Gasteiger partial charge is 0.474 e. The topological polar surface area (TPSA) is 66.0 Å². The summed E-state index contributed by atoms with van der Waals surface area (Å²) in [4.78, 5) is 3.99. The van der Waals surface area contributed by atoms with Gasteiger partial charge in [-0.25, -0.2) is 18.2 Å². The van der Waals surface area contributed by atoms with E-state index < -0.39 is 28.8 Å². The summed E-state index contributed by atoms with van der Waals surface area (Å²) in [6.45, 7) is 4.88. The maximum atomic E-state index is 13.9. The van der Waals surface area contributed by atoms with Crippen molar-refractivity contribution in [2.24, 2.45) is 7.05 Å². The molecule has 0 fully saturated rings. The third kappa shape index (κ3) is 2.97.